The molecule has 14 heteroatoms. The van der Waals surface area contributed by atoms with Crippen LogP contribution in [0, 0.1) is 17.5 Å². The maximum atomic E-state index is 13.8. The molecule has 2 heterocycles. The van der Waals surface area contributed by atoms with Crippen LogP contribution in [-0.4, -0.2) is 62.0 Å². The van der Waals surface area contributed by atoms with Crippen molar-refractivity contribution in [1.29, 1.82) is 0 Å². The molecule has 0 radical (unpaired) electrons. The number of rotatable bonds is 7. The van der Waals surface area contributed by atoms with Gasteiger partial charge in [0.25, 0.3) is 0 Å². The fourth-order valence-electron chi connectivity index (χ4n) is 4.35. The van der Waals surface area contributed by atoms with Gasteiger partial charge in [-0.1, -0.05) is 41.9 Å². The standard InChI is InChI=1S/C26H19ClF3N7O3/c27-16-6-7-20(37-14-31-33-34-37)21(9-16)35-12-24(39)36(13-23(35)38)22(8-15-4-2-1-3-5-15)26(40)32-17-10-18(28)25(30)19(29)11-17/h1-7,9-11,14,22H,8,12-13H2,(H,32,40). The third-order valence-corrected chi connectivity index (χ3v) is 6.48. The number of hydrogen-bond acceptors (Lipinski definition) is 6. The van der Waals surface area contributed by atoms with E-state index in [4.69, 9.17) is 11.6 Å². The molecule has 204 valence electrons. The van der Waals surface area contributed by atoms with Crippen molar-refractivity contribution in [3.8, 4) is 5.69 Å². The lowest BCUT2D eigenvalue weighted by atomic mass is 10.0. The third kappa shape index (κ3) is 5.50. The van der Waals surface area contributed by atoms with Crippen molar-refractivity contribution in [2.24, 2.45) is 0 Å². The van der Waals surface area contributed by atoms with Gasteiger partial charge in [0.15, 0.2) is 17.5 Å². The highest BCUT2D eigenvalue weighted by molar-refractivity contribution is 6.31. The van der Waals surface area contributed by atoms with Crippen molar-refractivity contribution in [2.75, 3.05) is 23.3 Å². The van der Waals surface area contributed by atoms with E-state index in [0.717, 1.165) is 4.90 Å². The first-order chi connectivity index (χ1) is 19.2. The van der Waals surface area contributed by atoms with E-state index in [1.165, 1.54) is 22.0 Å². The fourth-order valence-corrected chi connectivity index (χ4v) is 4.52. The smallest absolute Gasteiger partial charge is 0.247 e. The van der Waals surface area contributed by atoms with Gasteiger partial charge in [-0.2, -0.15) is 4.68 Å². The summed E-state index contributed by atoms with van der Waals surface area (Å²) >= 11 is 6.18. The zero-order valence-corrected chi connectivity index (χ0v) is 21.2. The Morgan fingerprint density at radius 1 is 0.950 bits per heavy atom. The first-order valence-electron chi connectivity index (χ1n) is 11.8. The van der Waals surface area contributed by atoms with E-state index in [1.807, 2.05) is 0 Å². The molecule has 1 saturated heterocycles. The van der Waals surface area contributed by atoms with Crippen molar-refractivity contribution in [3.63, 3.8) is 0 Å². The Morgan fingerprint density at radius 2 is 1.68 bits per heavy atom. The topological polar surface area (TPSA) is 113 Å². The second-order valence-corrected chi connectivity index (χ2v) is 9.27. The molecular formula is C26H19ClF3N7O3. The molecule has 0 spiro atoms. The van der Waals surface area contributed by atoms with Crippen LogP contribution in [0.5, 0.6) is 0 Å². The molecule has 1 unspecified atom stereocenters. The van der Waals surface area contributed by atoms with Crippen molar-refractivity contribution in [1.82, 2.24) is 25.1 Å². The summed E-state index contributed by atoms with van der Waals surface area (Å²) in [6.45, 7) is -0.926. The minimum atomic E-state index is -1.68. The number of carbonyl (C=O) groups is 3. The van der Waals surface area contributed by atoms with Gasteiger partial charge in [0.1, 0.15) is 25.5 Å². The molecule has 3 aromatic carbocycles. The Morgan fingerprint density at radius 3 is 2.35 bits per heavy atom. The maximum Gasteiger partial charge on any atom is 0.247 e. The predicted molar refractivity (Wildman–Crippen MR) is 137 cm³/mol. The number of hydrogen-bond donors (Lipinski definition) is 1. The maximum absolute atomic E-state index is 13.8. The van der Waals surface area contributed by atoms with E-state index in [-0.39, 0.29) is 17.8 Å². The summed E-state index contributed by atoms with van der Waals surface area (Å²) in [7, 11) is 0. The fraction of sp³-hybridized carbons (Fsp3) is 0.154. The predicted octanol–water partition coefficient (Wildman–Crippen LogP) is 3.16. The molecule has 1 aromatic heterocycles. The van der Waals surface area contributed by atoms with Gasteiger partial charge in [0.05, 0.1) is 11.4 Å². The number of tetrazole rings is 1. The Balaban J connectivity index is 1.44. The van der Waals surface area contributed by atoms with Crippen LogP contribution in [0.4, 0.5) is 24.5 Å². The van der Waals surface area contributed by atoms with Gasteiger partial charge >= 0.3 is 0 Å². The second-order valence-electron chi connectivity index (χ2n) is 8.84. The molecule has 0 saturated carbocycles. The van der Waals surface area contributed by atoms with Gasteiger partial charge in [-0.25, -0.2) is 13.2 Å². The first kappa shape index (κ1) is 26.8. The largest absolute Gasteiger partial charge is 0.324 e. The van der Waals surface area contributed by atoms with Gasteiger partial charge in [-0.3, -0.25) is 19.3 Å². The summed E-state index contributed by atoms with van der Waals surface area (Å²) < 4.78 is 42.3. The van der Waals surface area contributed by atoms with E-state index in [9.17, 15) is 27.6 Å². The van der Waals surface area contributed by atoms with Gasteiger partial charge in [-0.15, -0.1) is 5.10 Å². The number of aromatic nitrogens is 4. The highest BCUT2D eigenvalue weighted by atomic mass is 35.5. The molecular weight excluding hydrogens is 551 g/mol. The zero-order valence-electron chi connectivity index (χ0n) is 20.5. The van der Waals surface area contributed by atoms with E-state index >= 15 is 0 Å². The molecule has 10 nitrogen and oxygen atoms in total. The normalized spacial score (nSPS) is 14.4. The van der Waals surface area contributed by atoms with E-state index in [1.54, 1.807) is 42.5 Å². The van der Waals surface area contributed by atoms with Crippen LogP contribution in [0.1, 0.15) is 5.56 Å². The molecule has 3 amide bonds. The van der Waals surface area contributed by atoms with Gasteiger partial charge in [0, 0.05) is 29.3 Å². The Labute approximate surface area is 229 Å². The van der Waals surface area contributed by atoms with Crippen molar-refractivity contribution >= 4 is 40.7 Å². The minimum absolute atomic E-state index is 0.00903. The Bertz CT molecular complexity index is 1560. The molecule has 40 heavy (non-hydrogen) atoms. The van der Waals surface area contributed by atoms with Gasteiger partial charge < -0.3 is 10.2 Å². The van der Waals surface area contributed by atoms with Crippen LogP contribution in [0.25, 0.3) is 5.69 Å². The number of nitrogens with one attached hydrogen (secondary N) is 1. The summed E-state index contributed by atoms with van der Waals surface area (Å²) in [5, 5.41) is 13.7. The lowest BCUT2D eigenvalue weighted by Crippen LogP contribution is -2.60. The first-order valence-corrected chi connectivity index (χ1v) is 12.2. The summed E-state index contributed by atoms with van der Waals surface area (Å²) in [5.74, 6) is -6.58. The average molecular weight is 570 g/mol. The van der Waals surface area contributed by atoms with Crippen LogP contribution in [-0.2, 0) is 20.8 Å². The van der Waals surface area contributed by atoms with Crippen molar-refractivity contribution in [3.05, 3.63) is 95.0 Å². The number of amides is 3. The van der Waals surface area contributed by atoms with Crippen molar-refractivity contribution < 1.29 is 27.6 Å². The Hall–Kier alpha value is -4.78. The van der Waals surface area contributed by atoms with Gasteiger partial charge in [-0.05, 0) is 34.2 Å². The third-order valence-electron chi connectivity index (χ3n) is 6.25. The van der Waals surface area contributed by atoms with Crippen LogP contribution in [0.2, 0.25) is 5.02 Å². The monoisotopic (exact) mass is 569 g/mol. The zero-order chi connectivity index (χ0) is 28.4. The van der Waals surface area contributed by atoms with Crippen LogP contribution in [0.3, 0.4) is 0 Å². The number of halogens is 4. The van der Waals surface area contributed by atoms with Gasteiger partial charge in [0.2, 0.25) is 17.7 Å². The summed E-state index contributed by atoms with van der Waals surface area (Å²) in [4.78, 5) is 42.5. The Kier molecular flexibility index (Phi) is 7.47. The minimum Gasteiger partial charge on any atom is -0.324 e. The van der Waals surface area contributed by atoms with Crippen LogP contribution < -0.4 is 10.2 Å². The molecule has 1 atom stereocenters. The number of carbonyl (C=O) groups excluding carboxylic acids is 3. The molecule has 1 fully saturated rings. The van der Waals surface area contributed by atoms with E-state index < -0.39 is 54.3 Å². The quantitative estimate of drug-likeness (QED) is 0.342. The SMILES string of the molecule is O=C(Nc1cc(F)c(F)c(F)c1)C(Cc1ccccc1)N1CC(=O)N(c2cc(Cl)ccc2-n2cnnn2)CC1=O. The highest BCUT2D eigenvalue weighted by Gasteiger charge is 2.39. The summed E-state index contributed by atoms with van der Waals surface area (Å²) in [6, 6.07) is 13.4. The number of anilines is 2. The second kappa shape index (κ2) is 11.1. The molecule has 1 aliphatic heterocycles. The van der Waals surface area contributed by atoms with Crippen molar-refractivity contribution in [2.45, 2.75) is 12.5 Å². The molecule has 1 N–H and O–H groups in total. The van der Waals surface area contributed by atoms with E-state index in [0.29, 0.717) is 28.4 Å². The lowest BCUT2D eigenvalue weighted by Gasteiger charge is -2.38. The molecule has 0 bridgehead atoms. The molecule has 0 aliphatic carbocycles. The van der Waals surface area contributed by atoms with Crippen LogP contribution >= 0.6 is 11.6 Å². The van der Waals surface area contributed by atoms with E-state index in [2.05, 4.69) is 20.8 Å². The molecule has 1 aliphatic rings. The number of piperazine rings is 1. The molecule has 4 aromatic rings. The highest BCUT2D eigenvalue weighted by Crippen LogP contribution is 2.30. The number of benzene rings is 3. The van der Waals surface area contributed by atoms with Crippen LogP contribution in [0.15, 0.2) is 67.0 Å². The summed E-state index contributed by atoms with van der Waals surface area (Å²) in [5.41, 5.74) is 0.988. The lowest BCUT2D eigenvalue weighted by molar-refractivity contribution is -0.143. The molecule has 5 rings (SSSR count). The summed E-state index contributed by atoms with van der Waals surface area (Å²) in [6.07, 6.45) is 1.31. The average Bonchev–Trinajstić information content (AvgIpc) is 3.47. The number of nitrogens with zero attached hydrogens (tertiary/aromatic N) is 6.